The van der Waals surface area contributed by atoms with Crippen LogP contribution >= 0.6 is 31.9 Å². The minimum absolute atomic E-state index is 0.329. The van der Waals surface area contributed by atoms with Crippen molar-refractivity contribution in [3.63, 3.8) is 0 Å². The van der Waals surface area contributed by atoms with Crippen molar-refractivity contribution in [1.82, 2.24) is 15.0 Å². The molecule has 0 bridgehead atoms. The Labute approximate surface area is 126 Å². The summed E-state index contributed by atoms with van der Waals surface area (Å²) in [7, 11) is 0. The number of anilines is 2. The summed E-state index contributed by atoms with van der Waals surface area (Å²) in [5, 5.41) is 2.65. The standard InChI is InChI=1S/C11H9Br2N5O/c1-5-7(2-6(14)3-15-5)11(19)18-10-9(13)17-8(12)4-16-10/h2-4H,14H2,1H3,(H,16,18,19). The molecular weight excluding hydrogens is 378 g/mol. The summed E-state index contributed by atoms with van der Waals surface area (Å²) in [6.45, 7) is 1.73. The molecular formula is C11H9Br2N5O. The van der Waals surface area contributed by atoms with Crippen LogP contribution in [-0.2, 0) is 0 Å². The minimum Gasteiger partial charge on any atom is -0.397 e. The molecule has 2 heterocycles. The number of rotatable bonds is 2. The summed E-state index contributed by atoms with van der Waals surface area (Å²) in [4.78, 5) is 24.3. The average Bonchev–Trinajstić information content (AvgIpc) is 2.35. The van der Waals surface area contributed by atoms with Crippen LogP contribution < -0.4 is 11.1 Å². The number of halogens is 2. The number of aromatic nitrogens is 3. The molecule has 0 saturated carbocycles. The topological polar surface area (TPSA) is 93.8 Å². The maximum Gasteiger partial charge on any atom is 0.258 e. The van der Waals surface area contributed by atoms with Crippen molar-refractivity contribution in [3.8, 4) is 0 Å². The van der Waals surface area contributed by atoms with Gasteiger partial charge in [-0.2, -0.15) is 0 Å². The van der Waals surface area contributed by atoms with Crippen molar-refractivity contribution < 1.29 is 4.79 Å². The molecule has 3 N–H and O–H groups in total. The predicted molar refractivity (Wildman–Crippen MR) is 78.8 cm³/mol. The zero-order valence-corrected chi connectivity index (χ0v) is 13.0. The lowest BCUT2D eigenvalue weighted by Crippen LogP contribution is -2.16. The van der Waals surface area contributed by atoms with Crippen LogP contribution in [0.15, 0.2) is 27.7 Å². The number of carbonyl (C=O) groups is 1. The molecule has 0 aromatic carbocycles. The summed E-state index contributed by atoms with van der Waals surface area (Å²) in [5.74, 6) is -0.00959. The highest BCUT2D eigenvalue weighted by molar-refractivity contribution is 9.11. The van der Waals surface area contributed by atoms with Crippen molar-refractivity contribution in [3.05, 3.63) is 38.9 Å². The van der Waals surface area contributed by atoms with E-state index in [2.05, 4.69) is 52.1 Å². The van der Waals surface area contributed by atoms with E-state index in [4.69, 9.17) is 5.73 Å². The van der Waals surface area contributed by atoms with Crippen LogP contribution in [0.25, 0.3) is 0 Å². The fourth-order valence-corrected chi connectivity index (χ4v) is 2.29. The van der Waals surface area contributed by atoms with Crippen LogP contribution in [0.1, 0.15) is 16.1 Å². The van der Waals surface area contributed by atoms with E-state index < -0.39 is 0 Å². The molecule has 0 fully saturated rings. The average molecular weight is 387 g/mol. The number of nitrogens with zero attached hydrogens (tertiary/aromatic N) is 3. The van der Waals surface area contributed by atoms with Gasteiger partial charge in [-0.05, 0) is 44.8 Å². The smallest absolute Gasteiger partial charge is 0.258 e. The van der Waals surface area contributed by atoms with E-state index in [0.717, 1.165) is 0 Å². The molecule has 1 amide bonds. The highest BCUT2D eigenvalue weighted by Crippen LogP contribution is 2.20. The van der Waals surface area contributed by atoms with Crippen LogP contribution in [0.2, 0.25) is 0 Å². The van der Waals surface area contributed by atoms with Gasteiger partial charge in [0.15, 0.2) is 5.82 Å². The fourth-order valence-electron chi connectivity index (χ4n) is 1.38. The number of hydrogen-bond donors (Lipinski definition) is 2. The molecule has 2 aromatic heterocycles. The summed E-state index contributed by atoms with van der Waals surface area (Å²) < 4.78 is 1.00. The first-order valence-corrected chi connectivity index (χ1v) is 6.77. The van der Waals surface area contributed by atoms with Gasteiger partial charge in [-0.15, -0.1) is 0 Å². The van der Waals surface area contributed by atoms with Crippen LogP contribution in [0.3, 0.4) is 0 Å². The van der Waals surface area contributed by atoms with Crippen molar-refractivity contribution in [2.24, 2.45) is 0 Å². The molecule has 0 atom stereocenters. The highest BCUT2D eigenvalue weighted by Gasteiger charge is 2.13. The van der Waals surface area contributed by atoms with Gasteiger partial charge in [-0.25, -0.2) is 9.97 Å². The highest BCUT2D eigenvalue weighted by atomic mass is 79.9. The predicted octanol–water partition coefficient (Wildman–Crippen LogP) is 2.54. The van der Waals surface area contributed by atoms with Gasteiger partial charge in [0.1, 0.15) is 9.21 Å². The Kier molecular flexibility index (Phi) is 4.11. The van der Waals surface area contributed by atoms with Gasteiger partial charge in [0, 0.05) is 0 Å². The summed E-state index contributed by atoms with van der Waals surface area (Å²) in [5.41, 5.74) is 7.04. The second-order valence-electron chi connectivity index (χ2n) is 3.69. The first kappa shape index (κ1) is 13.9. The Morgan fingerprint density at radius 2 is 2.05 bits per heavy atom. The molecule has 0 aliphatic rings. The van der Waals surface area contributed by atoms with E-state index in [9.17, 15) is 4.79 Å². The van der Waals surface area contributed by atoms with Gasteiger partial charge in [-0.3, -0.25) is 9.78 Å². The third kappa shape index (κ3) is 3.27. The molecule has 0 aliphatic heterocycles. The first-order chi connectivity index (χ1) is 8.97. The zero-order valence-electron chi connectivity index (χ0n) is 9.82. The monoisotopic (exact) mass is 385 g/mol. The van der Waals surface area contributed by atoms with Crippen LogP contribution in [-0.4, -0.2) is 20.9 Å². The fraction of sp³-hybridized carbons (Fsp3) is 0.0909. The van der Waals surface area contributed by atoms with E-state index >= 15 is 0 Å². The molecule has 0 spiro atoms. The third-order valence-electron chi connectivity index (χ3n) is 2.29. The van der Waals surface area contributed by atoms with Crippen LogP contribution in [0.5, 0.6) is 0 Å². The molecule has 6 nitrogen and oxygen atoms in total. The van der Waals surface area contributed by atoms with Crippen molar-refractivity contribution in [1.29, 1.82) is 0 Å². The van der Waals surface area contributed by atoms with Gasteiger partial charge in [-0.1, -0.05) is 0 Å². The lowest BCUT2D eigenvalue weighted by Gasteiger charge is -2.08. The zero-order chi connectivity index (χ0) is 14.0. The number of amides is 1. The lowest BCUT2D eigenvalue weighted by molar-refractivity contribution is 0.102. The van der Waals surface area contributed by atoms with Crippen LogP contribution in [0.4, 0.5) is 11.5 Å². The third-order valence-corrected chi connectivity index (χ3v) is 3.22. The van der Waals surface area contributed by atoms with Gasteiger partial charge in [0.2, 0.25) is 0 Å². The Bertz CT molecular complexity index is 647. The van der Waals surface area contributed by atoms with E-state index in [1.54, 1.807) is 13.0 Å². The summed E-state index contributed by atoms with van der Waals surface area (Å²) in [6.07, 6.45) is 2.99. The largest absolute Gasteiger partial charge is 0.397 e. The molecule has 2 aromatic rings. The Morgan fingerprint density at radius 3 is 2.74 bits per heavy atom. The van der Waals surface area contributed by atoms with E-state index in [1.165, 1.54) is 12.4 Å². The van der Waals surface area contributed by atoms with Crippen LogP contribution in [0, 0.1) is 6.92 Å². The number of carbonyl (C=O) groups excluding carboxylic acids is 1. The number of nitrogens with two attached hydrogens (primary N) is 1. The lowest BCUT2D eigenvalue weighted by atomic mass is 10.2. The number of pyridine rings is 1. The number of hydrogen-bond acceptors (Lipinski definition) is 5. The van der Waals surface area contributed by atoms with Gasteiger partial charge in [0.25, 0.3) is 5.91 Å². The van der Waals surface area contributed by atoms with Crippen molar-refractivity contribution in [2.45, 2.75) is 6.92 Å². The maximum atomic E-state index is 12.1. The Balaban J connectivity index is 2.28. The number of nitrogen functional groups attached to an aromatic ring is 1. The molecule has 0 saturated heterocycles. The summed E-state index contributed by atoms with van der Waals surface area (Å²) in [6, 6.07) is 1.57. The Hall–Kier alpha value is -1.54. The van der Waals surface area contributed by atoms with Crippen molar-refractivity contribution >= 4 is 49.3 Å². The molecule has 98 valence electrons. The number of nitrogens with one attached hydrogen (secondary N) is 1. The second-order valence-corrected chi connectivity index (χ2v) is 5.25. The first-order valence-electron chi connectivity index (χ1n) is 5.19. The van der Waals surface area contributed by atoms with Gasteiger partial charge in [0.05, 0.1) is 29.3 Å². The maximum absolute atomic E-state index is 12.1. The molecule has 19 heavy (non-hydrogen) atoms. The second kappa shape index (κ2) is 5.62. The van der Waals surface area contributed by atoms with Gasteiger partial charge >= 0.3 is 0 Å². The van der Waals surface area contributed by atoms with E-state index in [1.807, 2.05) is 0 Å². The summed E-state index contributed by atoms with van der Waals surface area (Å²) >= 11 is 6.41. The van der Waals surface area contributed by atoms with E-state index in [0.29, 0.717) is 32.0 Å². The molecule has 0 aliphatic carbocycles. The normalized spacial score (nSPS) is 10.3. The number of aryl methyl sites for hydroxylation is 1. The molecule has 2 rings (SSSR count). The minimum atomic E-state index is -0.338. The Morgan fingerprint density at radius 1 is 1.32 bits per heavy atom. The van der Waals surface area contributed by atoms with E-state index in [-0.39, 0.29) is 5.91 Å². The molecule has 8 heteroatoms. The molecule has 0 unspecified atom stereocenters. The quantitative estimate of drug-likeness (QED) is 0.826. The van der Waals surface area contributed by atoms with Gasteiger partial charge < -0.3 is 11.1 Å². The SMILES string of the molecule is Cc1ncc(N)cc1C(=O)Nc1ncc(Br)nc1Br. The van der Waals surface area contributed by atoms with Crippen molar-refractivity contribution in [2.75, 3.05) is 11.1 Å². The molecule has 0 radical (unpaired) electrons.